The summed E-state index contributed by atoms with van der Waals surface area (Å²) in [7, 11) is 0. The number of carbonyl (C=O) groups excluding carboxylic acids is 1. The highest BCUT2D eigenvalue weighted by Crippen LogP contribution is 2.22. The summed E-state index contributed by atoms with van der Waals surface area (Å²) in [5.74, 6) is -3.13. The number of hydrogen-bond acceptors (Lipinski definition) is 4. The van der Waals surface area contributed by atoms with Crippen molar-refractivity contribution in [2.75, 3.05) is 0 Å². The Morgan fingerprint density at radius 2 is 1.55 bits per heavy atom. The van der Waals surface area contributed by atoms with Gasteiger partial charge in [-0.1, -0.05) is 18.2 Å². The highest BCUT2D eigenvalue weighted by Gasteiger charge is 2.20. The van der Waals surface area contributed by atoms with Crippen molar-refractivity contribution >= 4 is 30.4 Å². The Labute approximate surface area is 131 Å². The highest BCUT2D eigenvalue weighted by molar-refractivity contribution is 7.80. The molecule has 2 aromatic rings. The summed E-state index contributed by atoms with van der Waals surface area (Å²) in [4.78, 5) is 35.3. The summed E-state index contributed by atoms with van der Waals surface area (Å²) in [6.07, 6.45) is 0. The van der Waals surface area contributed by atoms with E-state index in [1.165, 1.54) is 6.07 Å². The Morgan fingerprint density at radius 1 is 0.909 bits per heavy atom. The van der Waals surface area contributed by atoms with Crippen molar-refractivity contribution in [3.8, 4) is 0 Å². The van der Waals surface area contributed by atoms with Crippen LogP contribution >= 0.6 is 12.6 Å². The molecule has 0 bridgehead atoms. The quantitative estimate of drug-likeness (QED) is 0.596. The topological polar surface area (TPSA) is 91.7 Å². The van der Waals surface area contributed by atoms with Gasteiger partial charge < -0.3 is 10.2 Å². The molecule has 5 nitrogen and oxygen atoms in total. The van der Waals surface area contributed by atoms with E-state index >= 15 is 0 Å². The first-order valence-electron chi connectivity index (χ1n) is 6.27. The predicted octanol–water partition coefficient (Wildman–Crippen LogP) is 2.91. The zero-order chi connectivity index (χ0) is 16.4. The van der Waals surface area contributed by atoms with Gasteiger partial charge in [0.05, 0.1) is 11.1 Å². The zero-order valence-electron chi connectivity index (χ0n) is 11.5. The minimum atomic E-state index is -1.40. The molecule has 0 aliphatic heterocycles. The summed E-state index contributed by atoms with van der Waals surface area (Å²) in [5.41, 5.74) is 0.410. The van der Waals surface area contributed by atoms with Crippen molar-refractivity contribution in [1.29, 1.82) is 0 Å². The molecule has 2 N–H and O–H groups in total. The fraction of sp³-hybridized carbons (Fsp3) is 0.0625. The molecule has 6 heteroatoms. The van der Waals surface area contributed by atoms with Gasteiger partial charge in [0.25, 0.3) is 0 Å². The predicted molar refractivity (Wildman–Crippen MR) is 82.2 cm³/mol. The Hall–Kier alpha value is -2.60. The molecule has 0 saturated carbocycles. The fourth-order valence-electron chi connectivity index (χ4n) is 2.07. The molecule has 0 atom stereocenters. The lowest BCUT2D eigenvalue weighted by atomic mass is 9.96. The summed E-state index contributed by atoms with van der Waals surface area (Å²) in [6, 6.07) is 8.54. The number of hydrogen-bond donors (Lipinski definition) is 3. The molecule has 112 valence electrons. The van der Waals surface area contributed by atoms with E-state index in [0.29, 0.717) is 16.0 Å². The van der Waals surface area contributed by atoms with E-state index in [1.54, 1.807) is 25.1 Å². The van der Waals surface area contributed by atoms with Crippen molar-refractivity contribution in [3.05, 3.63) is 64.2 Å². The van der Waals surface area contributed by atoms with Crippen LogP contribution in [0.1, 0.15) is 42.2 Å². The first-order valence-corrected chi connectivity index (χ1v) is 6.71. The lowest BCUT2D eigenvalue weighted by Crippen LogP contribution is -2.11. The first-order chi connectivity index (χ1) is 10.3. The SMILES string of the molecule is Cc1c(S)cccc1C(=O)c1ccc(C(=O)O)c(C(=O)O)c1. The van der Waals surface area contributed by atoms with Crippen LogP contribution in [0.15, 0.2) is 41.3 Å². The average Bonchev–Trinajstić information content (AvgIpc) is 2.48. The molecule has 0 aliphatic carbocycles. The fourth-order valence-corrected chi connectivity index (χ4v) is 2.28. The molecule has 2 aromatic carbocycles. The van der Waals surface area contributed by atoms with Crippen molar-refractivity contribution in [2.45, 2.75) is 11.8 Å². The van der Waals surface area contributed by atoms with Gasteiger partial charge in [0, 0.05) is 16.0 Å². The number of benzene rings is 2. The number of carbonyl (C=O) groups is 3. The molecule has 22 heavy (non-hydrogen) atoms. The molecule has 0 aliphatic rings. The molecule has 0 radical (unpaired) electrons. The Morgan fingerprint density at radius 3 is 2.14 bits per heavy atom. The Kier molecular flexibility index (Phi) is 4.32. The Bertz CT molecular complexity index is 795. The number of carboxylic acids is 2. The van der Waals surface area contributed by atoms with E-state index in [4.69, 9.17) is 10.2 Å². The van der Waals surface area contributed by atoms with Crippen molar-refractivity contribution < 1.29 is 24.6 Å². The van der Waals surface area contributed by atoms with Crippen molar-refractivity contribution in [1.82, 2.24) is 0 Å². The van der Waals surface area contributed by atoms with Crippen LogP contribution in [0.2, 0.25) is 0 Å². The van der Waals surface area contributed by atoms with E-state index < -0.39 is 17.5 Å². The minimum absolute atomic E-state index is 0.115. The van der Waals surface area contributed by atoms with E-state index in [2.05, 4.69) is 12.6 Å². The van der Waals surface area contributed by atoms with E-state index in [0.717, 1.165) is 12.1 Å². The zero-order valence-corrected chi connectivity index (χ0v) is 12.4. The third-order valence-corrected chi connectivity index (χ3v) is 3.78. The maximum Gasteiger partial charge on any atom is 0.336 e. The van der Waals surface area contributed by atoms with Crippen LogP contribution in [0.3, 0.4) is 0 Å². The molecule has 2 rings (SSSR count). The minimum Gasteiger partial charge on any atom is -0.478 e. The summed E-state index contributed by atoms with van der Waals surface area (Å²) >= 11 is 4.25. The second-order valence-corrected chi connectivity index (χ2v) is 5.13. The average molecular weight is 316 g/mol. The van der Waals surface area contributed by atoms with Gasteiger partial charge in [0.15, 0.2) is 5.78 Å². The molecule has 0 amide bonds. The van der Waals surface area contributed by atoms with Gasteiger partial charge in [-0.15, -0.1) is 12.6 Å². The number of rotatable bonds is 4. The van der Waals surface area contributed by atoms with Gasteiger partial charge in [0.1, 0.15) is 0 Å². The van der Waals surface area contributed by atoms with Gasteiger partial charge in [-0.05, 0) is 30.7 Å². The summed E-state index contributed by atoms with van der Waals surface area (Å²) in [5, 5.41) is 18.1. The van der Waals surface area contributed by atoms with Gasteiger partial charge in [0.2, 0.25) is 0 Å². The Balaban J connectivity index is 2.56. The van der Waals surface area contributed by atoms with E-state index in [-0.39, 0.29) is 16.9 Å². The van der Waals surface area contributed by atoms with Crippen LogP contribution < -0.4 is 0 Å². The van der Waals surface area contributed by atoms with Crippen LogP contribution in [-0.2, 0) is 0 Å². The molecule has 0 heterocycles. The van der Waals surface area contributed by atoms with E-state index in [1.807, 2.05) is 0 Å². The van der Waals surface area contributed by atoms with Gasteiger partial charge >= 0.3 is 11.9 Å². The molecule has 0 saturated heterocycles. The first kappa shape index (κ1) is 15.8. The normalized spacial score (nSPS) is 10.3. The standard InChI is InChI=1S/C16H12O5S/c1-8-10(3-2-4-13(8)22)14(17)9-5-6-11(15(18)19)12(7-9)16(20)21/h2-7,22H,1H3,(H,18,19)(H,20,21). The largest absolute Gasteiger partial charge is 0.478 e. The maximum absolute atomic E-state index is 12.5. The van der Waals surface area contributed by atoms with E-state index in [9.17, 15) is 14.4 Å². The van der Waals surface area contributed by atoms with Crippen LogP contribution in [0.25, 0.3) is 0 Å². The monoisotopic (exact) mass is 316 g/mol. The molecule has 0 fully saturated rings. The molecular formula is C16H12O5S. The highest BCUT2D eigenvalue weighted by atomic mass is 32.1. The molecule has 0 spiro atoms. The maximum atomic E-state index is 12.5. The van der Waals surface area contributed by atoms with Gasteiger partial charge in [-0.3, -0.25) is 4.79 Å². The second-order valence-electron chi connectivity index (χ2n) is 4.65. The summed E-state index contributed by atoms with van der Waals surface area (Å²) < 4.78 is 0. The third-order valence-electron chi connectivity index (χ3n) is 3.29. The smallest absolute Gasteiger partial charge is 0.336 e. The van der Waals surface area contributed by atoms with Crippen LogP contribution in [0.4, 0.5) is 0 Å². The lowest BCUT2D eigenvalue weighted by molar-refractivity contribution is 0.0651. The number of ketones is 1. The van der Waals surface area contributed by atoms with Gasteiger partial charge in [-0.25, -0.2) is 9.59 Å². The summed E-state index contributed by atoms with van der Waals surface area (Å²) in [6.45, 7) is 1.74. The lowest BCUT2D eigenvalue weighted by Gasteiger charge is -2.09. The van der Waals surface area contributed by atoms with Crippen LogP contribution in [-0.4, -0.2) is 27.9 Å². The number of thiol groups is 1. The van der Waals surface area contributed by atoms with Crippen molar-refractivity contribution in [3.63, 3.8) is 0 Å². The van der Waals surface area contributed by atoms with Crippen LogP contribution in [0.5, 0.6) is 0 Å². The van der Waals surface area contributed by atoms with Crippen molar-refractivity contribution in [2.24, 2.45) is 0 Å². The van der Waals surface area contributed by atoms with Crippen LogP contribution in [0, 0.1) is 6.92 Å². The number of aromatic carboxylic acids is 2. The molecule has 0 unspecified atom stereocenters. The molecular weight excluding hydrogens is 304 g/mol. The van der Waals surface area contributed by atoms with Gasteiger partial charge in [-0.2, -0.15) is 0 Å². The second kappa shape index (κ2) is 6.03. The third kappa shape index (κ3) is 2.87. The number of carboxylic acid groups (broad SMARTS) is 2. The molecule has 0 aromatic heterocycles.